The Morgan fingerprint density at radius 3 is 2.63 bits per heavy atom. The van der Waals surface area contributed by atoms with Crippen LogP contribution in [0.4, 0.5) is 4.39 Å². The number of aliphatic hydroxyl groups excluding tert-OH is 1. The first-order valence-electron chi connectivity index (χ1n) is 9.68. The summed E-state index contributed by atoms with van der Waals surface area (Å²) in [6.45, 7) is 6.27. The van der Waals surface area contributed by atoms with Gasteiger partial charge in [-0.3, -0.25) is 4.79 Å². The van der Waals surface area contributed by atoms with E-state index in [1.165, 1.54) is 30.3 Å². The number of halogens is 1. The molecule has 0 saturated heterocycles. The molecule has 1 aliphatic rings. The molecule has 1 heterocycles. The molecule has 7 nitrogen and oxygen atoms in total. The molecule has 162 valence electrons. The third-order valence-corrected chi connectivity index (χ3v) is 4.45. The fourth-order valence-electron chi connectivity index (χ4n) is 2.86. The fourth-order valence-corrected chi connectivity index (χ4v) is 2.86. The van der Waals surface area contributed by atoms with Gasteiger partial charge in [0.25, 0.3) is 5.91 Å². The Hall–Kier alpha value is -3.13. The summed E-state index contributed by atoms with van der Waals surface area (Å²) in [5, 5.41) is 13.5. The van der Waals surface area contributed by atoms with Crippen LogP contribution in [0.3, 0.4) is 0 Å². The molecular formula is C22H27FN2O5. The van der Waals surface area contributed by atoms with Gasteiger partial charge in [-0.15, -0.1) is 6.58 Å². The highest BCUT2D eigenvalue weighted by Gasteiger charge is 2.36. The topological polar surface area (TPSA) is 88.1 Å². The predicted molar refractivity (Wildman–Crippen MR) is 109 cm³/mol. The summed E-state index contributed by atoms with van der Waals surface area (Å²) >= 11 is 0. The number of unbranched alkanes of at least 4 members (excludes halogenated alkanes) is 1. The summed E-state index contributed by atoms with van der Waals surface area (Å²) in [7, 11) is 1.23. The third kappa shape index (κ3) is 5.70. The fraction of sp³-hybridized carbons (Fsp3) is 0.364. The lowest BCUT2D eigenvalue weighted by Gasteiger charge is -2.32. The molecule has 2 rings (SSSR count). The van der Waals surface area contributed by atoms with Crippen molar-refractivity contribution in [3.63, 3.8) is 0 Å². The lowest BCUT2D eigenvalue weighted by molar-refractivity contribution is -0.138. The normalized spacial score (nSPS) is 16.1. The SMILES string of the molecule is C=CCN1C=C(C(=O)NCc2ccc(F)cc2)C(O)C(OCCCC)=C1C(=O)OC. The molecule has 0 radical (unpaired) electrons. The number of methoxy groups -OCH3 is 1. The zero-order valence-electron chi connectivity index (χ0n) is 17.2. The van der Waals surface area contributed by atoms with Gasteiger partial charge < -0.3 is 24.8 Å². The van der Waals surface area contributed by atoms with E-state index in [1.54, 1.807) is 18.2 Å². The summed E-state index contributed by atoms with van der Waals surface area (Å²) < 4.78 is 23.6. The Bertz CT molecular complexity index is 832. The van der Waals surface area contributed by atoms with Gasteiger partial charge in [-0.1, -0.05) is 31.6 Å². The van der Waals surface area contributed by atoms with Crippen LogP contribution in [0.15, 0.2) is 60.1 Å². The average Bonchev–Trinajstić information content (AvgIpc) is 2.74. The molecule has 30 heavy (non-hydrogen) atoms. The van der Waals surface area contributed by atoms with Crippen molar-refractivity contribution < 1.29 is 28.6 Å². The number of hydrogen-bond donors (Lipinski definition) is 2. The lowest BCUT2D eigenvalue weighted by Crippen LogP contribution is -2.40. The zero-order chi connectivity index (χ0) is 22.1. The highest BCUT2D eigenvalue weighted by Crippen LogP contribution is 2.28. The van der Waals surface area contributed by atoms with E-state index >= 15 is 0 Å². The van der Waals surface area contributed by atoms with Crippen molar-refractivity contribution >= 4 is 11.9 Å². The van der Waals surface area contributed by atoms with E-state index in [9.17, 15) is 19.1 Å². The van der Waals surface area contributed by atoms with Crippen LogP contribution in [0.25, 0.3) is 0 Å². The Labute approximate surface area is 175 Å². The summed E-state index contributed by atoms with van der Waals surface area (Å²) in [6.07, 6.45) is 3.06. The van der Waals surface area contributed by atoms with E-state index in [-0.39, 0.29) is 42.5 Å². The van der Waals surface area contributed by atoms with Gasteiger partial charge in [-0.25, -0.2) is 9.18 Å². The van der Waals surface area contributed by atoms with E-state index < -0.39 is 18.0 Å². The Balaban J connectivity index is 2.27. The molecule has 1 amide bonds. The van der Waals surface area contributed by atoms with Crippen LogP contribution in [0.5, 0.6) is 0 Å². The smallest absolute Gasteiger partial charge is 0.358 e. The van der Waals surface area contributed by atoms with E-state index in [2.05, 4.69) is 11.9 Å². The van der Waals surface area contributed by atoms with Gasteiger partial charge in [-0.2, -0.15) is 0 Å². The van der Waals surface area contributed by atoms with E-state index in [0.717, 1.165) is 6.42 Å². The van der Waals surface area contributed by atoms with Gasteiger partial charge in [0.15, 0.2) is 11.5 Å². The first kappa shape index (κ1) is 23.2. The molecule has 1 aromatic rings. The van der Waals surface area contributed by atoms with Crippen LogP contribution in [0, 0.1) is 5.82 Å². The molecule has 1 aliphatic heterocycles. The summed E-state index contributed by atoms with van der Waals surface area (Å²) in [4.78, 5) is 26.6. The number of carbonyl (C=O) groups excluding carboxylic acids is 2. The second kappa shape index (κ2) is 11.2. The standard InChI is InChI=1S/C22H27FN2O5/c1-4-6-12-30-20-18(22(28)29-3)25(11-5-2)14-17(19(20)26)21(27)24-13-15-7-9-16(23)10-8-15/h5,7-10,14,19,26H,2,4,6,11-13H2,1,3H3,(H,24,27). The molecule has 0 saturated carbocycles. The van der Waals surface area contributed by atoms with Crippen LogP contribution in [0.2, 0.25) is 0 Å². The monoisotopic (exact) mass is 418 g/mol. The minimum Gasteiger partial charge on any atom is -0.492 e. The van der Waals surface area contributed by atoms with Crippen molar-refractivity contribution in [3.8, 4) is 0 Å². The number of nitrogens with one attached hydrogen (secondary N) is 1. The number of nitrogens with zero attached hydrogens (tertiary/aromatic N) is 1. The molecule has 1 aromatic carbocycles. The molecule has 0 spiro atoms. The minimum absolute atomic E-state index is 0.0121. The zero-order valence-corrected chi connectivity index (χ0v) is 17.2. The van der Waals surface area contributed by atoms with Crippen LogP contribution in [0.1, 0.15) is 25.3 Å². The minimum atomic E-state index is -1.44. The van der Waals surface area contributed by atoms with E-state index in [0.29, 0.717) is 12.0 Å². The molecule has 0 aromatic heterocycles. The van der Waals surface area contributed by atoms with Crippen LogP contribution in [-0.4, -0.2) is 48.2 Å². The summed E-state index contributed by atoms with van der Waals surface area (Å²) in [6, 6.07) is 5.71. The summed E-state index contributed by atoms with van der Waals surface area (Å²) in [5.41, 5.74) is 0.734. The number of aliphatic hydroxyl groups is 1. The van der Waals surface area contributed by atoms with E-state index in [4.69, 9.17) is 9.47 Å². The maximum atomic E-state index is 13.0. The number of benzene rings is 1. The molecular weight excluding hydrogens is 391 g/mol. The van der Waals surface area contributed by atoms with Gasteiger partial charge in [0.05, 0.1) is 19.3 Å². The highest BCUT2D eigenvalue weighted by molar-refractivity contribution is 5.97. The maximum absolute atomic E-state index is 13.0. The Kier molecular flexibility index (Phi) is 8.61. The van der Waals surface area contributed by atoms with Gasteiger partial charge in [-0.05, 0) is 24.1 Å². The van der Waals surface area contributed by atoms with Gasteiger partial charge in [0, 0.05) is 19.3 Å². The number of amides is 1. The number of esters is 1. The number of hydrogen-bond acceptors (Lipinski definition) is 6. The second-order valence-electron chi connectivity index (χ2n) is 6.64. The molecule has 1 unspecified atom stereocenters. The highest BCUT2D eigenvalue weighted by atomic mass is 19.1. The van der Waals surface area contributed by atoms with Crippen molar-refractivity contribution in [2.75, 3.05) is 20.3 Å². The first-order chi connectivity index (χ1) is 14.4. The van der Waals surface area contributed by atoms with Crippen molar-refractivity contribution in [1.29, 1.82) is 0 Å². The largest absolute Gasteiger partial charge is 0.492 e. The Morgan fingerprint density at radius 1 is 1.33 bits per heavy atom. The average molecular weight is 418 g/mol. The molecule has 0 aliphatic carbocycles. The molecule has 2 N–H and O–H groups in total. The quantitative estimate of drug-likeness (QED) is 0.345. The molecule has 8 heteroatoms. The number of carbonyl (C=O) groups is 2. The lowest BCUT2D eigenvalue weighted by atomic mass is 10.0. The molecule has 0 fully saturated rings. The second-order valence-corrected chi connectivity index (χ2v) is 6.64. The number of ether oxygens (including phenoxy) is 2. The molecule has 1 atom stereocenters. The maximum Gasteiger partial charge on any atom is 0.358 e. The Morgan fingerprint density at radius 2 is 2.03 bits per heavy atom. The summed E-state index contributed by atoms with van der Waals surface area (Å²) in [5.74, 6) is -1.64. The van der Waals surface area contributed by atoms with Crippen molar-refractivity contribution in [2.24, 2.45) is 0 Å². The first-order valence-corrected chi connectivity index (χ1v) is 9.68. The van der Waals surface area contributed by atoms with Gasteiger partial charge in [0.2, 0.25) is 0 Å². The van der Waals surface area contributed by atoms with Crippen molar-refractivity contribution in [2.45, 2.75) is 32.4 Å². The van der Waals surface area contributed by atoms with Crippen molar-refractivity contribution in [1.82, 2.24) is 10.2 Å². The van der Waals surface area contributed by atoms with E-state index in [1.807, 2.05) is 6.92 Å². The van der Waals surface area contributed by atoms with Crippen molar-refractivity contribution in [3.05, 3.63) is 71.5 Å². The predicted octanol–water partition coefficient (Wildman–Crippen LogP) is 2.39. The van der Waals surface area contributed by atoms with Gasteiger partial charge in [0.1, 0.15) is 11.9 Å². The van der Waals surface area contributed by atoms with Crippen LogP contribution < -0.4 is 5.32 Å². The van der Waals surface area contributed by atoms with Crippen LogP contribution >= 0.6 is 0 Å². The molecule has 0 bridgehead atoms. The number of rotatable bonds is 10. The van der Waals surface area contributed by atoms with Crippen LogP contribution in [-0.2, 0) is 25.6 Å². The van der Waals surface area contributed by atoms with Gasteiger partial charge >= 0.3 is 5.97 Å². The third-order valence-electron chi connectivity index (χ3n) is 4.45.